The standard InChI is InChI=1S/C28H36O7/c1-9-12-19(4)28(29,20-15-22(30-5)26(34-13-10-2)23(16-20)31-6)21-17-24(32-7)27(35-14-11-3)25(18-21)33-8/h9-11,15-19,29H,1-3,12-14H2,4-8H3/t19-/m1/s1. The van der Waals surface area contributed by atoms with Crippen LogP contribution >= 0.6 is 0 Å². The molecule has 190 valence electrons. The maximum absolute atomic E-state index is 12.4. The molecule has 2 aromatic carbocycles. The molecule has 0 amide bonds. The number of allylic oxidation sites excluding steroid dienone is 1. The van der Waals surface area contributed by atoms with Gasteiger partial charge >= 0.3 is 0 Å². The summed E-state index contributed by atoms with van der Waals surface area (Å²) < 4.78 is 34.0. The van der Waals surface area contributed by atoms with Crippen LogP contribution in [0.25, 0.3) is 0 Å². The topological polar surface area (TPSA) is 75.6 Å². The number of methoxy groups -OCH3 is 4. The molecule has 0 saturated heterocycles. The number of hydrogen-bond acceptors (Lipinski definition) is 7. The van der Waals surface area contributed by atoms with Crippen molar-refractivity contribution in [3.05, 3.63) is 73.4 Å². The minimum Gasteiger partial charge on any atom is -0.493 e. The molecule has 35 heavy (non-hydrogen) atoms. The molecule has 2 rings (SSSR count). The van der Waals surface area contributed by atoms with Crippen LogP contribution in [0.2, 0.25) is 0 Å². The first kappa shape index (κ1) is 27.7. The smallest absolute Gasteiger partial charge is 0.203 e. The molecule has 0 bridgehead atoms. The molecule has 1 N–H and O–H groups in total. The second kappa shape index (κ2) is 12.8. The molecule has 0 aliphatic heterocycles. The van der Waals surface area contributed by atoms with E-state index in [1.807, 2.05) is 6.92 Å². The zero-order valence-corrected chi connectivity index (χ0v) is 21.3. The van der Waals surface area contributed by atoms with Crippen molar-refractivity contribution in [2.45, 2.75) is 18.9 Å². The first-order valence-corrected chi connectivity index (χ1v) is 11.2. The fourth-order valence-electron chi connectivity index (χ4n) is 3.93. The Hall–Kier alpha value is -3.58. The van der Waals surface area contributed by atoms with E-state index in [1.54, 1.807) is 42.5 Å². The highest BCUT2D eigenvalue weighted by Crippen LogP contribution is 2.49. The van der Waals surface area contributed by atoms with Crippen molar-refractivity contribution in [3.8, 4) is 34.5 Å². The minimum atomic E-state index is -1.51. The SMILES string of the molecule is C=CCOc1c(OC)cc(C(O)(c2cc(OC)c(OCC=C)c(OC)c2)[C@H](C)CC=C)cc1OC. The lowest BCUT2D eigenvalue weighted by atomic mass is 9.75. The molecule has 0 fully saturated rings. The number of hydrogen-bond donors (Lipinski definition) is 1. The van der Waals surface area contributed by atoms with Gasteiger partial charge in [0.1, 0.15) is 18.8 Å². The zero-order valence-electron chi connectivity index (χ0n) is 21.3. The van der Waals surface area contributed by atoms with E-state index >= 15 is 0 Å². The Morgan fingerprint density at radius 3 is 1.31 bits per heavy atom. The van der Waals surface area contributed by atoms with Gasteiger partial charge in [-0.15, -0.1) is 6.58 Å². The van der Waals surface area contributed by atoms with Gasteiger partial charge in [-0.05, 0) is 47.7 Å². The van der Waals surface area contributed by atoms with E-state index in [2.05, 4.69) is 19.7 Å². The maximum Gasteiger partial charge on any atom is 0.203 e. The summed E-state index contributed by atoms with van der Waals surface area (Å²) in [6.45, 7) is 13.7. The van der Waals surface area contributed by atoms with Crippen LogP contribution in [-0.4, -0.2) is 46.8 Å². The second-order valence-electron chi connectivity index (χ2n) is 7.81. The summed E-state index contributed by atoms with van der Waals surface area (Å²) in [7, 11) is 6.12. The third kappa shape index (κ3) is 5.74. The summed E-state index contributed by atoms with van der Waals surface area (Å²) in [6.07, 6.45) is 5.55. The monoisotopic (exact) mass is 484 g/mol. The molecule has 0 aliphatic rings. The predicted octanol–water partition coefficient (Wildman–Crippen LogP) is 5.30. The van der Waals surface area contributed by atoms with Crippen LogP contribution in [0.3, 0.4) is 0 Å². The summed E-state index contributed by atoms with van der Waals surface area (Å²) in [5.41, 5.74) is -0.436. The van der Waals surface area contributed by atoms with Crippen molar-refractivity contribution in [1.82, 2.24) is 0 Å². The van der Waals surface area contributed by atoms with Crippen LogP contribution in [-0.2, 0) is 5.60 Å². The van der Waals surface area contributed by atoms with Gasteiger partial charge in [0, 0.05) is 0 Å². The third-order valence-electron chi connectivity index (χ3n) is 5.73. The lowest BCUT2D eigenvalue weighted by molar-refractivity contribution is 0.0242. The van der Waals surface area contributed by atoms with Crippen LogP contribution in [0.15, 0.2) is 62.2 Å². The normalized spacial score (nSPS) is 11.7. The average molecular weight is 485 g/mol. The van der Waals surface area contributed by atoms with Crippen molar-refractivity contribution in [2.24, 2.45) is 5.92 Å². The molecule has 0 radical (unpaired) electrons. The second-order valence-corrected chi connectivity index (χ2v) is 7.81. The van der Waals surface area contributed by atoms with Gasteiger partial charge in [-0.3, -0.25) is 0 Å². The largest absolute Gasteiger partial charge is 0.493 e. The van der Waals surface area contributed by atoms with Crippen molar-refractivity contribution < 1.29 is 33.5 Å². The van der Waals surface area contributed by atoms with Crippen LogP contribution < -0.4 is 28.4 Å². The lowest BCUT2D eigenvalue weighted by Crippen LogP contribution is -2.35. The van der Waals surface area contributed by atoms with Gasteiger partial charge in [-0.25, -0.2) is 0 Å². The molecule has 0 aliphatic carbocycles. The number of ether oxygens (including phenoxy) is 6. The van der Waals surface area contributed by atoms with Crippen LogP contribution in [0.5, 0.6) is 34.5 Å². The fraction of sp³-hybridized carbons (Fsp3) is 0.357. The Labute approximate surface area is 208 Å². The average Bonchev–Trinajstić information content (AvgIpc) is 2.89. The molecular formula is C28H36O7. The molecule has 0 spiro atoms. The van der Waals surface area contributed by atoms with E-state index in [0.29, 0.717) is 52.0 Å². The van der Waals surface area contributed by atoms with Crippen molar-refractivity contribution >= 4 is 0 Å². The van der Waals surface area contributed by atoms with Crippen molar-refractivity contribution in [3.63, 3.8) is 0 Å². The van der Waals surface area contributed by atoms with E-state index in [9.17, 15) is 5.11 Å². The Kier molecular flexibility index (Phi) is 10.1. The summed E-state index contributed by atoms with van der Waals surface area (Å²) in [5.74, 6) is 2.18. The van der Waals surface area contributed by atoms with E-state index in [4.69, 9.17) is 28.4 Å². The van der Waals surface area contributed by atoms with Crippen LogP contribution in [0, 0.1) is 5.92 Å². The maximum atomic E-state index is 12.4. The minimum absolute atomic E-state index is 0.268. The van der Waals surface area contributed by atoms with Crippen LogP contribution in [0.4, 0.5) is 0 Å². The molecule has 7 heteroatoms. The summed E-state index contributed by atoms with van der Waals surface area (Å²) in [6, 6.07) is 6.95. The summed E-state index contributed by atoms with van der Waals surface area (Å²) in [4.78, 5) is 0. The highest BCUT2D eigenvalue weighted by Gasteiger charge is 2.40. The Morgan fingerprint density at radius 1 is 0.714 bits per heavy atom. The van der Waals surface area contributed by atoms with Gasteiger partial charge in [0.05, 0.1) is 28.4 Å². The molecule has 1 atom stereocenters. The molecule has 0 saturated carbocycles. The quantitative estimate of drug-likeness (QED) is 0.344. The molecule has 0 aromatic heterocycles. The van der Waals surface area contributed by atoms with E-state index in [1.165, 1.54) is 28.4 Å². The first-order chi connectivity index (χ1) is 16.9. The van der Waals surface area contributed by atoms with Gasteiger partial charge < -0.3 is 33.5 Å². The summed E-state index contributed by atoms with van der Waals surface area (Å²) in [5, 5.41) is 12.4. The highest BCUT2D eigenvalue weighted by molar-refractivity contribution is 5.60. The molecule has 7 nitrogen and oxygen atoms in total. The van der Waals surface area contributed by atoms with Crippen molar-refractivity contribution in [1.29, 1.82) is 0 Å². The van der Waals surface area contributed by atoms with Gasteiger partial charge in [0.15, 0.2) is 23.0 Å². The van der Waals surface area contributed by atoms with E-state index in [0.717, 1.165) is 0 Å². The Morgan fingerprint density at radius 2 is 1.06 bits per heavy atom. The van der Waals surface area contributed by atoms with Gasteiger partial charge in [-0.2, -0.15) is 0 Å². The zero-order chi connectivity index (χ0) is 26.0. The molecular weight excluding hydrogens is 448 g/mol. The highest BCUT2D eigenvalue weighted by atomic mass is 16.5. The third-order valence-corrected chi connectivity index (χ3v) is 5.73. The molecule has 2 aromatic rings. The van der Waals surface area contributed by atoms with Crippen molar-refractivity contribution in [2.75, 3.05) is 41.7 Å². The molecule has 0 heterocycles. The number of rotatable bonds is 15. The number of aliphatic hydroxyl groups is 1. The van der Waals surface area contributed by atoms with Gasteiger partial charge in [0.25, 0.3) is 0 Å². The number of benzene rings is 2. The van der Waals surface area contributed by atoms with Gasteiger partial charge in [-0.1, -0.05) is 38.3 Å². The predicted molar refractivity (Wildman–Crippen MR) is 137 cm³/mol. The Bertz CT molecular complexity index is 906. The van der Waals surface area contributed by atoms with Crippen LogP contribution in [0.1, 0.15) is 24.5 Å². The lowest BCUT2D eigenvalue weighted by Gasteiger charge is -2.36. The Balaban J connectivity index is 2.84. The molecule has 0 unspecified atom stereocenters. The fourth-order valence-corrected chi connectivity index (χ4v) is 3.93. The van der Waals surface area contributed by atoms with E-state index in [-0.39, 0.29) is 19.1 Å². The summed E-state index contributed by atoms with van der Waals surface area (Å²) >= 11 is 0. The van der Waals surface area contributed by atoms with Gasteiger partial charge in [0.2, 0.25) is 11.5 Å². The van der Waals surface area contributed by atoms with E-state index < -0.39 is 5.60 Å². The first-order valence-electron chi connectivity index (χ1n) is 11.2.